The highest BCUT2D eigenvalue weighted by molar-refractivity contribution is 7.21. The van der Waals surface area contributed by atoms with Crippen molar-refractivity contribution in [3.63, 3.8) is 0 Å². The zero-order valence-corrected chi connectivity index (χ0v) is 11.5. The van der Waals surface area contributed by atoms with Crippen LogP contribution in [0.4, 0.5) is 0 Å². The number of rotatable bonds is 3. The minimum absolute atomic E-state index is 0.0664. The number of carbonyl (C=O) groups is 1. The molecule has 2 N–H and O–H groups in total. The van der Waals surface area contributed by atoms with Gasteiger partial charge in [0.1, 0.15) is 5.56 Å². The van der Waals surface area contributed by atoms with Crippen LogP contribution in [0.3, 0.4) is 0 Å². The molecule has 0 unspecified atom stereocenters. The minimum Gasteiger partial charge on any atom is -0.499 e. The molecule has 0 fully saturated rings. The van der Waals surface area contributed by atoms with Crippen LogP contribution in [-0.2, 0) is 6.54 Å². The smallest absolute Gasteiger partial charge is 0.256 e. The van der Waals surface area contributed by atoms with Gasteiger partial charge in [0.2, 0.25) is 0 Å². The SMILES string of the molecule is O=C(NCc1ccccc1)c1c(O)sc2ccccc12. The van der Waals surface area contributed by atoms with Crippen LogP contribution >= 0.6 is 11.3 Å². The molecule has 0 aliphatic heterocycles. The minimum atomic E-state index is -0.246. The first-order valence-corrected chi connectivity index (χ1v) is 7.10. The van der Waals surface area contributed by atoms with Crippen molar-refractivity contribution < 1.29 is 9.90 Å². The molecule has 0 aliphatic rings. The molecule has 4 heteroatoms. The number of hydrogen-bond donors (Lipinski definition) is 2. The summed E-state index contributed by atoms with van der Waals surface area (Å²) in [6.07, 6.45) is 0. The molecule has 3 nitrogen and oxygen atoms in total. The normalized spacial score (nSPS) is 10.6. The summed E-state index contributed by atoms with van der Waals surface area (Å²) < 4.78 is 0.912. The molecule has 0 saturated heterocycles. The summed E-state index contributed by atoms with van der Waals surface area (Å²) in [6.45, 7) is 0.448. The number of benzene rings is 2. The first kappa shape index (κ1) is 12.7. The highest BCUT2D eigenvalue weighted by atomic mass is 32.1. The van der Waals surface area contributed by atoms with Crippen molar-refractivity contribution in [2.75, 3.05) is 0 Å². The summed E-state index contributed by atoms with van der Waals surface area (Å²) >= 11 is 1.22. The van der Waals surface area contributed by atoms with Crippen LogP contribution in [0.25, 0.3) is 10.1 Å². The standard InChI is InChI=1S/C16H13NO2S/c18-15(17-10-11-6-2-1-3-7-11)14-12-8-4-5-9-13(12)20-16(14)19/h1-9,19H,10H2,(H,17,18). The van der Waals surface area contributed by atoms with E-state index in [0.717, 1.165) is 15.6 Å². The number of carbonyl (C=O) groups excluding carboxylic acids is 1. The lowest BCUT2D eigenvalue weighted by molar-refractivity contribution is 0.0950. The van der Waals surface area contributed by atoms with Crippen molar-refractivity contribution in [1.29, 1.82) is 0 Å². The number of fused-ring (bicyclic) bond motifs is 1. The lowest BCUT2D eigenvalue weighted by atomic mass is 10.1. The van der Waals surface area contributed by atoms with Crippen LogP contribution in [0.2, 0.25) is 0 Å². The fourth-order valence-corrected chi connectivity index (χ4v) is 3.06. The highest BCUT2D eigenvalue weighted by Gasteiger charge is 2.17. The summed E-state index contributed by atoms with van der Waals surface area (Å²) in [5.74, 6) is -0.246. The summed E-state index contributed by atoms with van der Waals surface area (Å²) in [5, 5.41) is 13.7. The van der Waals surface area contributed by atoms with E-state index in [1.54, 1.807) is 0 Å². The Hall–Kier alpha value is -2.33. The number of aromatic hydroxyl groups is 1. The van der Waals surface area contributed by atoms with Gasteiger partial charge in [0.15, 0.2) is 5.06 Å². The van der Waals surface area contributed by atoms with Crippen LogP contribution in [0.5, 0.6) is 5.06 Å². The second-order valence-corrected chi connectivity index (χ2v) is 5.48. The molecular weight excluding hydrogens is 270 g/mol. The van der Waals surface area contributed by atoms with E-state index in [0.29, 0.717) is 12.1 Å². The van der Waals surface area contributed by atoms with Crippen LogP contribution in [0.15, 0.2) is 54.6 Å². The molecule has 0 bridgehead atoms. The van der Waals surface area contributed by atoms with Crippen LogP contribution in [0.1, 0.15) is 15.9 Å². The van der Waals surface area contributed by atoms with Crippen molar-refractivity contribution in [2.45, 2.75) is 6.54 Å². The molecule has 1 heterocycles. The lowest BCUT2D eigenvalue weighted by Gasteiger charge is -2.05. The van der Waals surface area contributed by atoms with Gasteiger partial charge in [-0.25, -0.2) is 0 Å². The Morgan fingerprint density at radius 1 is 1.05 bits per heavy atom. The monoisotopic (exact) mass is 283 g/mol. The predicted octanol–water partition coefficient (Wildman–Crippen LogP) is 3.54. The van der Waals surface area contributed by atoms with Gasteiger partial charge in [0, 0.05) is 16.6 Å². The average molecular weight is 283 g/mol. The van der Waals surface area contributed by atoms with Crippen molar-refractivity contribution in [2.24, 2.45) is 0 Å². The van der Waals surface area contributed by atoms with Crippen molar-refractivity contribution in [1.82, 2.24) is 5.32 Å². The summed E-state index contributed by atoms with van der Waals surface area (Å²) in [6, 6.07) is 17.2. The summed E-state index contributed by atoms with van der Waals surface area (Å²) in [5.41, 5.74) is 1.39. The third-order valence-corrected chi connectivity index (χ3v) is 4.07. The van der Waals surface area contributed by atoms with E-state index in [1.165, 1.54) is 11.3 Å². The number of nitrogens with one attached hydrogen (secondary N) is 1. The van der Waals surface area contributed by atoms with E-state index in [9.17, 15) is 9.90 Å². The van der Waals surface area contributed by atoms with Crippen molar-refractivity contribution in [3.05, 3.63) is 65.7 Å². The second kappa shape index (κ2) is 5.35. The topological polar surface area (TPSA) is 49.3 Å². The Balaban J connectivity index is 1.84. The predicted molar refractivity (Wildman–Crippen MR) is 81.1 cm³/mol. The molecule has 0 atom stereocenters. The first-order valence-electron chi connectivity index (χ1n) is 6.28. The maximum atomic E-state index is 12.2. The molecule has 2 aromatic carbocycles. The number of amides is 1. The lowest BCUT2D eigenvalue weighted by Crippen LogP contribution is -2.22. The average Bonchev–Trinajstić information content (AvgIpc) is 2.82. The van der Waals surface area contributed by atoms with Gasteiger partial charge in [-0.05, 0) is 11.6 Å². The van der Waals surface area contributed by atoms with Gasteiger partial charge in [0.05, 0.1) is 0 Å². The highest BCUT2D eigenvalue weighted by Crippen LogP contribution is 2.36. The fourth-order valence-electron chi connectivity index (χ4n) is 2.12. The molecule has 3 rings (SSSR count). The Bertz CT molecular complexity index is 750. The van der Waals surface area contributed by atoms with E-state index in [1.807, 2.05) is 54.6 Å². The van der Waals surface area contributed by atoms with E-state index < -0.39 is 0 Å². The largest absolute Gasteiger partial charge is 0.499 e. The number of hydrogen-bond acceptors (Lipinski definition) is 3. The number of thiophene rings is 1. The molecule has 100 valence electrons. The quantitative estimate of drug-likeness (QED) is 0.772. The molecule has 0 radical (unpaired) electrons. The van der Waals surface area contributed by atoms with Gasteiger partial charge in [-0.1, -0.05) is 59.9 Å². The third kappa shape index (κ3) is 2.38. The summed E-state index contributed by atoms with van der Waals surface area (Å²) in [7, 11) is 0. The van der Waals surface area contributed by atoms with Crippen LogP contribution in [0, 0.1) is 0 Å². The maximum Gasteiger partial charge on any atom is 0.256 e. The molecule has 1 aromatic heterocycles. The maximum absolute atomic E-state index is 12.2. The Labute approximate surface area is 120 Å². The van der Waals surface area contributed by atoms with Crippen molar-refractivity contribution >= 4 is 27.3 Å². The first-order chi connectivity index (χ1) is 9.75. The van der Waals surface area contributed by atoms with Gasteiger partial charge >= 0.3 is 0 Å². The van der Waals surface area contributed by atoms with Crippen LogP contribution in [-0.4, -0.2) is 11.0 Å². The second-order valence-electron chi connectivity index (χ2n) is 4.45. The van der Waals surface area contributed by atoms with Crippen LogP contribution < -0.4 is 5.32 Å². The summed E-state index contributed by atoms with van der Waals surface area (Å²) in [4.78, 5) is 12.2. The van der Waals surface area contributed by atoms with E-state index in [-0.39, 0.29) is 11.0 Å². The van der Waals surface area contributed by atoms with E-state index >= 15 is 0 Å². The van der Waals surface area contributed by atoms with Crippen molar-refractivity contribution in [3.8, 4) is 5.06 Å². The van der Waals surface area contributed by atoms with Gasteiger partial charge in [-0.2, -0.15) is 0 Å². The van der Waals surface area contributed by atoms with E-state index in [2.05, 4.69) is 5.32 Å². The molecule has 20 heavy (non-hydrogen) atoms. The Morgan fingerprint density at radius 2 is 1.75 bits per heavy atom. The molecule has 0 saturated carbocycles. The zero-order chi connectivity index (χ0) is 13.9. The van der Waals surface area contributed by atoms with Gasteiger partial charge in [0.25, 0.3) is 5.91 Å². The van der Waals surface area contributed by atoms with Gasteiger partial charge in [-0.15, -0.1) is 0 Å². The Morgan fingerprint density at radius 3 is 2.55 bits per heavy atom. The fraction of sp³-hybridized carbons (Fsp3) is 0.0625. The Kier molecular flexibility index (Phi) is 3.39. The zero-order valence-electron chi connectivity index (χ0n) is 10.7. The molecular formula is C16H13NO2S. The third-order valence-electron chi connectivity index (χ3n) is 3.10. The van der Waals surface area contributed by atoms with E-state index in [4.69, 9.17) is 0 Å². The molecule has 3 aromatic rings. The molecule has 1 amide bonds. The molecule has 0 spiro atoms. The molecule has 0 aliphatic carbocycles. The van der Waals surface area contributed by atoms with Gasteiger partial charge in [-0.3, -0.25) is 4.79 Å². The van der Waals surface area contributed by atoms with Gasteiger partial charge < -0.3 is 10.4 Å².